The van der Waals surface area contributed by atoms with Crippen LogP contribution in [-0.4, -0.2) is 35.7 Å². The summed E-state index contributed by atoms with van der Waals surface area (Å²) in [5.41, 5.74) is 0.772. The van der Waals surface area contributed by atoms with Crippen LogP contribution >= 0.6 is 0 Å². The van der Waals surface area contributed by atoms with Crippen molar-refractivity contribution in [2.24, 2.45) is 0 Å². The van der Waals surface area contributed by atoms with Crippen molar-refractivity contribution in [2.45, 2.75) is 31.8 Å². The van der Waals surface area contributed by atoms with Crippen LogP contribution in [0.1, 0.15) is 35.7 Å². The molecule has 1 aliphatic rings. The molecule has 1 aromatic rings. The summed E-state index contributed by atoms with van der Waals surface area (Å²) in [6.07, 6.45) is 2.24. The second-order valence-corrected chi connectivity index (χ2v) is 5.36. The van der Waals surface area contributed by atoms with Crippen molar-refractivity contribution in [1.29, 1.82) is 0 Å². The number of nitrogens with one attached hydrogen (secondary N) is 1. The Balaban J connectivity index is 1.83. The number of aromatic carboxylic acids is 1. The molecule has 0 bridgehead atoms. The Bertz CT molecular complexity index is 489. The third kappa shape index (κ3) is 3.81. The summed E-state index contributed by atoms with van der Waals surface area (Å²) < 4.78 is 5.60. The summed E-state index contributed by atoms with van der Waals surface area (Å²) >= 11 is 0. The molecule has 1 saturated heterocycles. The third-order valence-electron chi connectivity index (χ3n) is 3.53. The molecule has 1 fully saturated rings. The number of carbonyl (C=O) groups is 2. The second-order valence-electron chi connectivity index (χ2n) is 5.36. The van der Waals surface area contributed by atoms with E-state index in [0.717, 1.165) is 25.0 Å². The second kappa shape index (κ2) is 6.05. The van der Waals surface area contributed by atoms with Gasteiger partial charge in [0.15, 0.2) is 0 Å². The summed E-state index contributed by atoms with van der Waals surface area (Å²) in [6, 6.07) is 6.34. The molecule has 5 heteroatoms. The number of rotatable bonds is 5. The lowest BCUT2D eigenvalue weighted by molar-refractivity contribution is -0.121. The lowest BCUT2D eigenvalue weighted by Gasteiger charge is -2.23. The summed E-state index contributed by atoms with van der Waals surface area (Å²) in [5, 5.41) is 11.7. The molecule has 0 saturated carbocycles. The smallest absolute Gasteiger partial charge is 0.335 e. The predicted molar refractivity (Wildman–Crippen MR) is 73.7 cm³/mol. The SMILES string of the molecule is CC1(CNC(=O)Cc2ccc(C(=O)O)cc2)CCCO1. The van der Waals surface area contributed by atoms with Gasteiger partial charge in [-0.05, 0) is 37.5 Å². The topological polar surface area (TPSA) is 75.6 Å². The van der Waals surface area contributed by atoms with Crippen molar-refractivity contribution >= 4 is 11.9 Å². The maximum atomic E-state index is 11.8. The van der Waals surface area contributed by atoms with Crippen LogP contribution in [-0.2, 0) is 16.0 Å². The molecule has 1 aliphatic heterocycles. The van der Waals surface area contributed by atoms with Crippen molar-refractivity contribution in [3.63, 3.8) is 0 Å². The maximum Gasteiger partial charge on any atom is 0.335 e. The first-order valence-electron chi connectivity index (χ1n) is 6.71. The van der Waals surface area contributed by atoms with Crippen molar-refractivity contribution < 1.29 is 19.4 Å². The number of hydrogen-bond acceptors (Lipinski definition) is 3. The quantitative estimate of drug-likeness (QED) is 0.857. The highest BCUT2D eigenvalue weighted by molar-refractivity contribution is 5.87. The first-order valence-corrected chi connectivity index (χ1v) is 6.71. The summed E-state index contributed by atoms with van der Waals surface area (Å²) in [7, 11) is 0. The van der Waals surface area contributed by atoms with E-state index in [9.17, 15) is 9.59 Å². The highest BCUT2D eigenvalue weighted by atomic mass is 16.5. The van der Waals surface area contributed by atoms with Crippen LogP contribution in [0.5, 0.6) is 0 Å². The largest absolute Gasteiger partial charge is 0.478 e. The van der Waals surface area contributed by atoms with Gasteiger partial charge in [-0.2, -0.15) is 0 Å². The van der Waals surface area contributed by atoms with Crippen molar-refractivity contribution in [3.05, 3.63) is 35.4 Å². The van der Waals surface area contributed by atoms with Crippen molar-refractivity contribution in [3.8, 4) is 0 Å². The normalized spacial score (nSPS) is 21.6. The van der Waals surface area contributed by atoms with Gasteiger partial charge in [0.1, 0.15) is 0 Å². The molecule has 0 spiro atoms. The van der Waals surface area contributed by atoms with Crippen molar-refractivity contribution in [2.75, 3.05) is 13.2 Å². The lowest BCUT2D eigenvalue weighted by Crippen LogP contribution is -2.40. The molecular formula is C15H19NO4. The molecule has 1 heterocycles. The molecule has 5 nitrogen and oxygen atoms in total. The zero-order valence-corrected chi connectivity index (χ0v) is 11.5. The van der Waals surface area contributed by atoms with Gasteiger partial charge < -0.3 is 15.2 Å². The molecule has 20 heavy (non-hydrogen) atoms. The highest BCUT2D eigenvalue weighted by Gasteiger charge is 2.29. The van der Waals surface area contributed by atoms with Crippen LogP contribution in [0.2, 0.25) is 0 Å². The van der Waals surface area contributed by atoms with Gasteiger partial charge in [-0.15, -0.1) is 0 Å². The van der Waals surface area contributed by atoms with Gasteiger partial charge in [0.05, 0.1) is 17.6 Å². The number of ether oxygens (including phenoxy) is 1. The van der Waals surface area contributed by atoms with E-state index < -0.39 is 5.97 Å². The molecule has 0 radical (unpaired) electrons. The zero-order valence-electron chi connectivity index (χ0n) is 11.5. The molecule has 1 amide bonds. The average molecular weight is 277 g/mol. The van der Waals surface area contributed by atoms with Gasteiger partial charge >= 0.3 is 5.97 Å². The minimum Gasteiger partial charge on any atom is -0.478 e. The van der Waals surface area contributed by atoms with E-state index in [-0.39, 0.29) is 23.5 Å². The average Bonchev–Trinajstić information content (AvgIpc) is 2.85. The van der Waals surface area contributed by atoms with Gasteiger partial charge in [0.25, 0.3) is 0 Å². The van der Waals surface area contributed by atoms with Crippen LogP contribution in [0.4, 0.5) is 0 Å². The fourth-order valence-electron chi connectivity index (χ4n) is 2.27. The van der Waals surface area contributed by atoms with Gasteiger partial charge in [-0.25, -0.2) is 4.79 Å². The van der Waals surface area contributed by atoms with Crippen molar-refractivity contribution in [1.82, 2.24) is 5.32 Å². The molecule has 1 aromatic carbocycles. The molecule has 0 aromatic heterocycles. The fraction of sp³-hybridized carbons (Fsp3) is 0.467. The van der Waals surface area contributed by atoms with Crippen LogP contribution in [0.15, 0.2) is 24.3 Å². The summed E-state index contributed by atoms with van der Waals surface area (Å²) in [4.78, 5) is 22.6. The Morgan fingerprint density at radius 3 is 2.60 bits per heavy atom. The van der Waals surface area contributed by atoms with E-state index in [1.165, 1.54) is 12.1 Å². The number of hydrogen-bond donors (Lipinski definition) is 2. The number of carbonyl (C=O) groups excluding carboxylic acids is 1. The van der Waals surface area contributed by atoms with E-state index in [4.69, 9.17) is 9.84 Å². The minimum absolute atomic E-state index is 0.0789. The third-order valence-corrected chi connectivity index (χ3v) is 3.53. The van der Waals surface area contributed by atoms with Crippen LogP contribution in [0.25, 0.3) is 0 Å². The van der Waals surface area contributed by atoms with Gasteiger partial charge in [0, 0.05) is 13.2 Å². The van der Waals surface area contributed by atoms with E-state index >= 15 is 0 Å². The van der Waals surface area contributed by atoms with Crippen LogP contribution in [0.3, 0.4) is 0 Å². The Morgan fingerprint density at radius 1 is 1.35 bits per heavy atom. The van der Waals surface area contributed by atoms with Crippen LogP contribution < -0.4 is 5.32 Å². The monoisotopic (exact) mass is 277 g/mol. The molecule has 2 rings (SSSR count). The summed E-state index contributed by atoms with van der Waals surface area (Å²) in [6.45, 7) is 3.27. The summed E-state index contributed by atoms with van der Waals surface area (Å²) in [5.74, 6) is -1.04. The number of carboxylic acid groups (broad SMARTS) is 1. The first-order chi connectivity index (χ1) is 9.48. The van der Waals surface area contributed by atoms with Gasteiger partial charge in [-0.3, -0.25) is 4.79 Å². The fourth-order valence-corrected chi connectivity index (χ4v) is 2.27. The Kier molecular flexibility index (Phi) is 4.39. The molecule has 0 aliphatic carbocycles. The number of carboxylic acids is 1. The molecule has 108 valence electrons. The Hall–Kier alpha value is -1.88. The lowest BCUT2D eigenvalue weighted by atomic mass is 10.0. The first kappa shape index (κ1) is 14.5. The number of benzene rings is 1. The van der Waals surface area contributed by atoms with Gasteiger partial charge in [0.2, 0.25) is 5.91 Å². The number of amides is 1. The predicted octanol–water partition coefficient (Wildman–Crippen LogP) is 1.61. The maximum absolute atomic E-state index is 11.8. The van der Waals surface area contributed by atoms with E-state index in [1.54, 1.807) is 12.1 Å². The standard InChI is InChI=1S/C15H19NO4/c1-15(7-2-8-20-15)10-16-13(17)9-11-3-5-12(6-4-11)14(18)19/h3-6H,2,7-10H2,1H3,(H,16,17)(H,18,19). The molecule has 1 unspecified atom stereocenters. The Morgan fingerprint density at radius 2 is 2.05 bits per heavy atom. The molecule has 2 N–H and O–H groups in total. The van der Waals surface area contributed by atoms with Gasteiger partial charge in [-0.1, -0.05) is 12.1 Å². The zero-order chi connectivity index (χ0) is 14.6. The molecule has 1 atom stereocenters. The minimum atomic E-state index is -0.965. The Labute approximate surface area is 117 Å². The highest BCUT2D eigenvalue weighted by Crippen LogP contribution is 2.23. The van der Waals surface area contributed by atoms with E-state index in [1.807, 2.05) is 6.92 Å². The van der Waals surface area contributed by atoms with E-state index in [2.05, 4.69) is 5.32 Å². The molecular weight excluding hydrogens is 258 g/mol. The van der Waals surface area contributed by atoms with E-state index in [0.29, 0.717) is 6.54 Å². The van der Waals surface area contributed by atoms with Crippen LogP contribution in [0, 0.1) is 0 Å².